The van der Waals surface area contributed by atoms with Gasteiger partial charge in [-0.05, 0) is 37.3 Å². The van der Waals surface area contributed by atoms with Crippen LogP contribution in [0.3, 0.4) is 0 Å². The van der Waals surface area contributed by atoms with Crippen LogP contribution < -0.4 is 24.4 Å². The van der Waals surface area contributed by atoms with Gasteiger partial charge in [-0.1, -0.05) is 23.2 Å². The van der Waals surface area contributed by atoms with E-state index in [2.05, 4.69) is 20.6 Å². The van der Waals surface area contributed by atoms with Gasteiger partial charge in [-0.2, -0.15) is 0 Å². The summed E-state index contributed by atoms with van der Waals surface area (Å²) in [5, 5.41) is 5.01. The van der Waals surface area contributed by atoms with E-state index in [0.29, 0.717) is 5.56 Å². The maximum atomic E-state index is 13.0. The van der Waals surface area contributed by atoms with E-state index >= 15 is 0 Å². The van der Waals surface area contributed by atoms with Gasteiger partial charge in [0.2, 0.25) is 10.0 Å². The Kier molecular flexibility index (Phi) is 8.12. The highest BCUT2D eigenvalue weighted by atomic mass is 35.5. The molecular weight excluding hydrogens is 533 g/mol. The minimum Gasteiger partial charge on any atom is -0.477 e. The third kappa shape index (κ3) is 5.40. The maximum Gasteiger partial charge on any atom is 0.278 e. The summed E-state index contributed by atoms with van der Waals surface area (Å²) in [6, 6.07) is 7.26. The minimum absolute atomic E-state index is 0.00835. The van der Waals surface area contributed by atoms with Crippen molar-refractivity contribution in [1.29, 1.82) is 0 Å². The number of halogens is 2. The van der Waals surface area contributed by atoms with Gasteiger partial charge in [0.05, 0.1) is 36.0 Å². The molecular formula is C22H23Cl2N5O6S. The molecule has 0 fully saturated rings. The number of fused-ring (bicyclic) bond motifs is 1. The second-order valence-corrected chi connectivity index (χ2v) is 10.1. The number of anilines is 1. The van der Waals surface area contributed by atoms with E-state index in [-0.39, 0.29) is 50.0 Å². The molecule has 1 atom stereocenters. The summed E-state index contributed by atoms with van der Waals surface area (Å²) in [7, 11) is 0.164. The fourth-order valence-electron chi connectivity index (χ4n) is 3.45. The Hall–Kier alpha value is -3.35. The van der Waals surface area contributed by atoms with Crippen molar-refractivity contribution < 1.29 is 27.5 Å². The van der Waals surface area contributed by atoms with Gasteiger partial charge in [-0.3, -0.25) is 9.59 Å². The molecule has 0 aliphatic rings. The summed E-state index contributed by atoms with van der Waals surface area (Å²) in [4.78, 5) is 33.3. The molecule has 0 saturated carbocycles. The highest BCUT2D eigenvalue weighted by Crippen LogP contribution is 2.42. The molecule has 11 nitrogen and oxygen atoms in total. The number of carbonyl (C=O) groups is 2. The largest absolute Gasteiger partial charge is 0.477 e. The average Bonchev–Trinajstić information content (AvgIpc) is 2.84. The highest BCUT2D eigenvalue weighted by Gasteiger charge is 2.32. The normalized spacial score (nSPS) is 12.1. The van der Waals surface area contributed by atoms with Crippen molar-refractivity contribution in [2.24, 2.45) is 0 Å². The smallest absolute Gasteiger partial charge is 0.278 e. The molecule has 2 N–H and O–H groups in total. The Bertz CT molecular complexity index is 1430. The Labute approximate surface area is 217 Å². The molecule has 0 aliphatic heterocycles. The molecule has 14 heteroatoms. The molecule has 3 aromatic rings. The molecule has 192 valence electrons. The first-order valence-corrected chi connectivity index (χ1v) is 12.9. The van der Waals surface area contributed by atoms with Crippen molar-refractivity contribution in [3.63, 3.8) is 0 Å². The molecule has 3 rings (SSSR count). The average molecular weight is 556 g/mol. The van der Waals surface area contributed by atoms with Crippen LogP contribution in [0.4, 0.5) is 5.69 Å². The number of hydrogen-bond acceptors (Lipinski definition) is 8. The molecule has 0 saturated heterocycles. The minimum atomic E-state index is -4.05. The van der Waals surface area contributed by atoms with E-state index in [1.54, 1.807) is 0 Å². The van der Waals surface area contributed by atoms with Crippen molar-refractivity contribution in [2.75, 3.05) is 31.8 Å². The molecule has 1 aromatic heterocycles. The van der Waals surface area contributed by atoms with Gasteiger partial charge in [0.25, 0.3) is 23.6 Å². The highest BCUT2D eigenvalue weighted by molar-refractivity contribution is 7.92. The quantitative estimate of drug-likeness (QED) is 0.404. The molecule has 0 bridgehead atoms. The van der Waals surface area contributed by atoms with Gasteiger partial charge in [-0.25, -0.2) is 22.7 Å². The van der Waals surface area contributed by atoms with Crippen LogP contribution in [0.2, 0.25) is 10.0 Å². The fourth-order valence-corrected chi connectivity index (χ4v) is 5.07. The molecule has 1 unspecified atom stereocenters. The summed E-state index contributed by atoms with van der Waals surface area (Å²) in [6.07, 6.45) is -0.189. The van der Waals surface area contributed by atoms with Crippen molar-refractivity contribution in [3.05, 3.63) is 51.5 Å². The zero-order valence-corrected chi connectivity index (χ0v) is 22.2. The number of amides is 2. The third-order valence-corrected chi connectivity index (χ3v) is 7.05. The van der Waals surface area contributed by atoms with Crippen LogP contribution in [0, 0.1) is 0 Å². The van der Waals surface area contributed by atoms with Crippen molar-refractivity contribution >= 4 is 61.8 Å². The Balaban J connectivity index is 2.09. The van der Waals surface area contributed by atoms with Gasteiger partial charge in [0.15, 0.2) is 0 Å². The van der Waals surface area contributed by atoms with Crippen molar-refractivity contribution in [3.8, 4) is 11.8 Å². The van der Waals surface area contributed by atoms with Crippen LogP contribution in [-0.2, 0) is 10.0 Å². The zero-order chi connectivity index (χ0) is 26.8. The van der Waals surface area contributed by atoms with Gasteiger partial charge in [0, 0.05) is 18.2 Å². The summed E-state index contributed by atoms with van der Waals surface area (Å²) >= 11 is 12.8. The van der Waals surface area contributed by atoms with Crippen LogP contribution in [0.5, 0.6) is 11.8 Å². The van der Waals surface area contributed by atoms with Gasteiger partial charge in [0.1, 0.15) is 17.4 Å². The fraction of sp³-hybridized carbons (Fsp3) is 0.273. The number of sulfonamides is 1. The number of hydrogen-bond donors (Lipinski definition) is 2. The first-order valence-electron chi connectivity index (χ1n) is 10.3. The van der Waals surface area contributed by atoms with Crippen molar-refractivity contribution in [2.45, 2.75) is 13.1 Å². The van der Waals surface area contributed by atoms with Crippen LogP contribution in [0.1, 0.15) is 27.6 Å². The number of aromatic nitrogens is 2. The Morgan fingerprint density at radius 3 is 2.03 bits per heavy atom. The third-order valence-electron chi connectivity index (χ3n) is 5.06. The zero-order valence-electron chi connectivity index (χ0n) is 19.9. The lowest BCUT2D eigenvalue weighted by Gasteiger charge is -2.31. The maximum absolute atomic E-state index is 13.0. The molecule has 0 radical (unpaired) electrons. The van der Waals surface area contributed by atoms with Gasteiger partial charge in [-0.15, -0.1) is 0 Å². The molecule has 2 aromatic carbocycles. The standard InChI is InChI=1S/C22H23Cl2N5O6S/c1-11(26-20(31)13-8-6-12(7-9-13)19(30)25-2)29(36(5,32)33)18-16(24)14(23)10-15-17(18)28-22(35-4)21(27-15)34-3/h6-11H,1-5H3,(H,25,30)(H,26,31). The topological polar surface area (TPSA) is 140 Å². The number of ether oxygens (including phenoxy) is 2. The predicted octanol–water partition coefficient (Wildman–Crippen LogP) is 2.86. The molecule has 2 amide bonds. The lowest BCUT2D eigenvalue weighted by Crippen LogP contribution is -2.49. The molecule has 36 heavy (non-hydrogen) atoms. The number of benzene rings is 2. The first kappa shape index (κ1) is 27.2. The van der Waals surface area contributed by atoms with E-state index in [1.807, 2.05) is 0 Å². The Morgan fingerprint density at radius 1 is 1.00 bits per heavy atom. The second kappa shape index (κ2) is 10.7. The number of nitrogens with one attached hydrogen (secondary N) is 2. The monoisotopic (exact) mass is 555 g/mol. The van der Waals surface area contributed by atoms with Crippen LogP contribution in [-0.4, -0.2) is 63.9 Å². The Morgan fingerprint density at radius 2 is 1.53 bits per heavy atom. The number of rotatable bonds is 8. The molecule has 0 spiro atoms. The number of carbonyl (C=O) groups excluding carboxylic acids is 2. The lowest BCUT2D eigenvalue weighted by molar-refractivity contribution is 0.0936. The predicted molar refractivity (Wildman–Crippen MR) is 137 cm³/mol. The summed E-state index contributed by atoms with van der Waals surface area (Å²) in [5.74, 6) is -0.852. The van der Waals surface area contributed by atoms with E-state index in [9.17, 15) is 18.0 Å². The van der Waals surface area contributed by atoms with Crippen LogP contribution in [0.15, 0.2) is 30.3 Å². The van der Waals surface area contributed by atoms with Gasteiger partial charge >= 0.3 is 0 Å². The summed E-state index contributed by atoms with van der Waals surface area (Å²) < 4.78 is 37.2. The van der Waals surface area contributed by atoms with E-state index in [4.69, 9.17) is 32.7 Å². The van der Waals surface area contributed by atoms with Gasteiger partial charge < -0.3 is 20.1 Å². The number of methoxy groups -OCH3 is 2. The van der Waals surface area contributed by atoms with Crippen LogP contribution >= 0.6 is 23.2 Å². The SMILES string of the molecule is CNC(=O)c1ccc(C(=O)NC(C)N(c2c(Cl)c(Cl)cc3nc(OC)c(OC)nc23)S(C)(=O)=O)cc1. The van der Waals surface area contributed by atoms with Crippen molar-refractivity contribution in [1.82, 2.24) is 20.6 Å². The second-order valence-electron chi connectivity index (χ2n) is 7.50. The first-order chi connectivity index (χ1) is 16.9. The molecule has 0 aliphatic carbocycles. The van der Waals surface area contributed by atoms with E-state index in [0.717, 1.165) is 10.6 Å². The number of nitrogens with zero attached hydrogens (tertiary/aromatic N) is 3. The van der Waals surface area contributed by atoms with Crippen LogP contribution in [0.25, 0.3) is 11.0 Å². The summed E-state index contributed by atoms with van der Waals surface area (Å²) in [6.45, 7) is 1.45. The van der Waals surface area contributed by atoms with E-state index < -0.39 is 22.1 Å². The lowest BCUT2D eigenvalue weighted by atomic mass is 10.1. The molecule has 1 heterocycles. The summed E-state index contributed by atoms with van der Waals surface area (Å²) in [5.41, 5.74) is 0.714. The van der Waals surface area contributed by atoms with E-state index in [1.165, 1.54) is 58.5 Å².